The minimum absolute atomic E-state index is 0.660. The van der Waals surface area contributed by atoms with Gasteiger partial charge >= 0.3 is 0 Å². The molecule has 0 bridgehead atoms. The molecule has 7 heterocycles. The molecule has 7 fully saturated rings. The fraction of sp³-hybridized carbons (Fsp3) is 1.00. The third-order valence-electron chi connectivity index (χ3n) is 35.2. The number of nitrogens with zero attached hydrogens (tertiary/aromatic N) is 26. The quantitative estimate of drug-likeness (QED) is 0.0712. The second kappa shape index (κ2) is 86.9. The van der Waals surface area contributed by atoms with Gasteiger partial charge in [-0.15, -0.1) is 0 Å². The van der Waals surface area contributed by atoms with Gasteiger partial charge in [-0.1, -0.05) is 228 Å². The molecule has 0 aliphatic carbocycles. The van der Waals surface area contributed by atoms with Gasteiger partial charge in [0, 0.05) is 357 Å². The molecule has 876 valence electrons. The first kappa shape index (κ1) is 143. The Hall–Kier alpha value is -1.04. The second-order valence-corrected chi connectivity index (χ2v) is 47.0. The molecule has 0 aromatic rings. The average Bonchev–Trinajstić information content (AvgIpc) is 1.69. The fourth-order valence-electron chi connectivity index (χ4n) is 22.1. The van der Waals surface area contributed by atoms with Crippen molar-refractivity contribution in [1.82, 2.24) is 127 Å². The largest absolute Gasteiger partial charge is 0.304 e. The predicted molar refractivity (Wildman–Crippen MR) is 648 cm³/mol. The maximum atomic E-state index is 2.70. The van der Waals surface area contributed by atoms with E-state index in [0.717, 1.165) is 49.9 Å². The molecular weight excluding hydrogens is 1810 g/mol. The summed E-state index contributed by atoms with van der Waals surface area (Å²) in [6.45, 7) is 163. The molecule has 7 aliphatic heterocycles. The molecule has 0 aromatic carbocycles. The van der Waals surface area contributed by atoms with Gasteiger partial charge in [-0.25, -0.2) is 0 Å². The van der Waals surface area contributed by atoms with Crippen LogP contribution < -0.4 is 0 Å². The smallest absolute Gasteiger partial charge is 0.0246 e. The van der Waals surface area contributed by atoms with E-state index >= 15 is 0 Å². The third-order valence-corrected chi connectivity index (χ3v) is 35.2. The first-order valence-electron chi connectivity index (χ1n) is 62.6. The van der Waals surface area contributed by atoms with Crippen LogP contribution in [0.3, 0.4) is 0 Å². The standard InChI is InChI=1S/5C18H40N4.2C15H33N3/c1-7-20-11-9-19(6)10-15-22(18(5)17(3)4)16-14-21(8-2)13-12-20;1-7-20-12-10-19(6)11-15-22(9-3)18(17(4)5)16-21(8-2)14-13-20;1-7-20-11-10-19(6)18(17(4)5)16-22(9-3)15-14-21(8-2)13-12-20;1-7-20-11-10-19(6)16-18(17(4)5)22(9-3)15-14-21(8-2)13-12-20;1-6-19-9-11-20(7-2)13-15-22(17-18(4)5)16-14-21(8-3)12-10-19;1-6-16-8-9-17(7-2)11-13-18(12-10-16)15(5)14(3)4;1-6-16-9-10-17(7-2)13-15(14(4)5)18(8-3)12-11-16/h4*17-18H,7-16H2,1-6H3;18H,6-17H2,1-5H3;2*14-15H,6-13H2,1-5H3. The van der Waals surface area contributed by atoms with Crippen LogP contribution in [0, 0.1) is 41.4 Å². The highest BCUT2D eigenvalue weighted by Crippen LogP contribution is 2.21. The second-order valence-electron chi connectivity index (χ2n) is 47.0. The lowest BCUT2D eigenvalue weighted by Gasteiger charge is -2.39. The monoisotopic (exact) mass is 2070 g/mol. The Morgan fingerprint density at radius 2 is 0.322 bits per heavy atom. The summed E-state index contributed by atoms with van der Waals surface area (Å²) in [5.41, 5.74) is 0. The van der Waals surface area contributed by atoms with Gasteiger partial charge < -0.3 is 103 Å². The molecular formula is C120H266N26. The van der Waals surface area contributed by atoms with Gasteiger partial charge in [-0.2, -0.15) is 0 Å². The Morgan fingerprint density at radius 3 is 0.541 bits per heavy atom. The van der Waals surface area contributed by atoms with Crippen molar-refractivity contribution in [3.8, 4) is 0 Å². The maximum Gasteiger partial charge on any atom is 0.0246 e. The molecule has 7 saturated heterocycles. The number of rotatable bonds is 29. The summed E-state index contributed by atoms with van der Waals surface area (Å²) in [5, 5.41) is 0. The van der Waals surface area contributed by atoms with Crippen LogP contribution in [0.15, 0.2) is 0 Å². The van der Waals surface area contributed by atoms with Crippen molar-refractivity contribution in [3.63, 3.8) is 0 Å². The van der Waals surface area contributed by atoms with Crippen LogP contribution in [-0.2, 0) is 0 Å². The van der Waals surface area contributed by atoms with E-state index in [1.54, 1.807) is 0 Å². The Bertz CT molecular complexity index is 2770. The average molecular weight is 2070 g/mol. The summed E-state index contributed by atoms with van der Waals surface area (Å²) in [4.78, 5) is 68.1. The molecule has 0 saturated carbocycles. The van der Waals surface area contributed by atoms with Gasteiger partial charge in [-0.3, -0.25) is 24.5 Å². The molecule has 0 radical (unpaired) electrons. The summed E-state index contributed by atoms with van der Waals surface area (Å²) in [6.07, 6.45) is 0. The third kappa shape index (κ3) is 62.3. The van der Waals surface area contributed by atoms with Crippen molar-refractivity contribution in [3.05, 3.63) is 0 Å². The van der Waals surface area contributed by atoms with Crippen LogP contribution in [0.25, 0.3) is 0 Å². The highest BCUT2D eigenvalue weighted by Gasteiger charge is 2.32. The zero-order valence-corrected chi connectivity index (χ0v) is 106. The van der Waals surface area contributed by atoms with Gasteiger partial charge in [0.05, 0.1) is 0 Å². The zero-order chi connectivity index (χ0) is 110. The fourth-order valence-corrected chi connectivity index (χ4v) is 22.1. The van der Waals surface area contributed by atoms with Crippen molar-refractivity contribution in [2.75, 3.05) is 473 Å². The van der Waals surface area contributed by atoms with Crippen LogP contribution in [-0.4, -0.2) is 637 Å². The molecule has 7 aliphatic rings. The van der Waals surface area contributed by atoms with Crippen molar-refractivity contribution in [2.45, 2.75) is 279 Å². The van der Waals surface area contributed by atoms with E-state index < -0.39 is 0 Å². The first-order valence-corrected chi connectivity index (χ1v) is 62.6. The highest BCUT2D eigenvalue weighted by atomic mass is 15.4. The Balaban J connectivity index is 0.000000853. The lowest BCUT2D eigenvalue weighted by atomic mass is 10.0. The molecule has 0 spiro atoms. The summed E-state index contributed by atoms with van der Waals surface area (Å²) >= 11 is 0. The molecule has 6 atom stereocenters. The van der Waals surface area contributed by atoms with E-state index in [9.17, 15) is 0 Å². The maximum absolute atomic E-state index is 2.70. The van der Waals surface area contributed by atoms with E-state index in [1.807, 2.05) is 0 Å². The van der Waals surface area contributed by atoms with Crippen LogP contribution in [0.4, 0.5) is 0 Å². The minimum Gasteiger partial charge on any atom is -0.304 e. The van der Waals surface area contributed by atoms with Crippen molar-refractivity contribution < 1.29 is 0 Å². The topological polar surface area (TPSA) is 84.2 Å². The van der Waals surface area contributed by atoms with Crippen molar-refractivity contribution in [1.29, 1.82) is 0 Å². The van der Waals surface area contributed by atoms with Gasteiger partial charge in [-0.05, 0) is 208 Å². The summed E-state index contributed by atoms with van der Waals surface area (Å²) < 4.78 is 0. The van der Waals surface area contributed by atoms with E-state index in [2.05, 4.69) is 398 Å². The number of likely N-dealkylation sites (N-methyl/N-ethyl adjacent to an activating group) is 23. The Kier molecular flexibility index (Phi) is 85.1. The molecule has 0 aromatic heterocycles. The first-order chi connectivity index (χ1) is 69.8. The molecule has 6 unspecified atom stereocenters. The van der Waals surface area contributed by atoms with E-state index in [-0.39, 0.29) is 0 Å². The van der Waals surface area contributed by atoms with Crippen molar-refractivity contribution >= 4 is 0 Å². The summed E-state index contributed by atoms with van der Waals surface area (Å²) in [5.74, 6) is 5.10. The van der Waals surface area contributed by atoms with Gasteiger partial charge in [0.15, 0.2) is 0 Å². The molecule has 26 nitrogen and oxygen atoms in total. The molecule has 26 heteroatoms. The van der Waals surface area contributed by atoms with Crippen LogP contribution in [0.2, 0.25) is 0 Å². The normalized spacial score (nSPS) is 24.9. The molecule has 0 N–H and O–H groups in total. The molecule has 146 heavy (non-hydrogen) atoms. The summed E-state index contributed by atoms with van der Waals surface area (Å²) in [7, 11) is 9.16. The van der Waals surface area contributed by atoms with Gasteiger partial charge in [0.25, 0.3) is 0 Å². The van der Waals surface area contributed by atoms with Gasteiger partial charge in [0.2, 0.25) is 0 Å². The Morgan fingerprint density at radius 1 is 0.158 bits per heavy atom. The van der Waals surface area contributed by atoms with Crippen LogP contribution >= 0.6 is 0 Å². The predicted octanol–water partition coefficient (Wildman–Crippen LogP) is 13.6. The van der Waals surface area contributed by atoms with E-state index in [1.165, 1.54) is 419 Å². The van der Waals surface area contributed by atoms with Gasteiger partial charge in [0.1, 0.15) is 0 Å². The minimum atomic E-state index is 0.660. The lowest BCUT2D eigenvalue weighted by Crippen LogP contribution is -2.51. The number of hydrogen-bond donors (Lipinski definition) is 0. The molecule has 7 rings (SSSR count). The van der Waals surface area contributed by atoms with E-state index in [4.69, 9.17) is 0 Å². The molecule has 0 amide bonds. The Labute approximate surface area is 915 Å². The van der Waals surface area contributed by atoms with E-state index in [0.29, 0.717) is 54.0 Å². The van der Waals surface area contributed by atoms with Crippen LogP contribution in [0.5, 0.6) is 0 Å². The highest BCUT2D eigenvalue weighted by molar-refractivity contribution is 4.88. The number of hydrogen-bond acceptors (Lipinski definition) is 26. The zero-order valence-electron chi connectivity index (χ0n) is 106. The lowest BCUT2D eigenvalue weighted by molar-refractivity contribution is 0.0875. The van der Waals surface area contributed by atoms with Crippen LogP contribution in [0.1, 0.15) is 242 Å². The summed E-state index contributed by atoms with van der Waals surface area (Å²) in [6, 6.07) is 4.08. The SMILES string of the molecule is CCN1CCN(C)CC(C(C)C)N(CC)CCN(CC)CC1.CCN1CCN(C)CCN(C(C)C(C)C)CCN(CC)CC1.CCN1CCN(C)CCN(CC)C(C(C)C)CN(CC)CC1.CCN1CCN(CC)CC(C(C)C)N(CC)CC1.CCN1CCN(CC)CCN(C(C)C(C)C)CC1.CCN1CCN(CC)CCN(C)C(C(C)C)CN(CC)CC1.CCN1CCN(CC)CCN(CC(C)C)CCN(CC)CC1. The van der Waals surface area contributed by atoms with Crippen molar-refractivity contribution in [2.24, 2.45) is 41.4 Å².